The van der Waals surface area contributed by atoms with Crippen molar-refractivity contribution in [2.45, 2.75) is 6.42 Å². The van der Waals surface area contributed by atoms with E-state index in [1.165, 1.54) is 18.6 Å². The highest BCUT2D eigenvalue weighted by Gasteiger charge is 2.01. The predicted octanol–water partition coefficient (Wildman–Crippen LogP) is 0.195. The zero-order valence-corrected chi connectivity index (χ0v) is 9.66. The minimum absolute atomic E-state index is 0.143. The van der Waals surface area contributed by atoms with Crippen molar-refractivity contribution in [3.05, 3.63) is 18.1 Å². The highest BCUT2D eigenvalue weighted by Crippen LogP contribution is 2.00. The SMILES string of the molecule is CS(=O)(=O)CCCNc1cnc(C#N)cn1. The largest absolute Gasteiger partial charge is 0.369 e. The van der Waals surface area contributed by atoms with Crippen LogP contribution in [0.2, 0.25) is 0 Å². The van der Waals surface area contributed by atoms with Crippen molar-refractivity contribution in [1.82, 2.24) is 9.97 Å². The molecule has 0 aliphatic carbocycles. The van der Waals surface area contributed by atoms with Gasteiger partial charge < -0.3 is 5.32 Å². The van der Waals surface area contributed by atoms with Crippen molar-refractivity contribution in [2.75, 3.05) is 23.9 Å². The molecule has 0 saturated carbocycles. The second kappa shape index (κ2) is 5.42. The fraction of sp³-hybridized carbons (Fsp3) is 0.444. The molecule has 0 saturated heterocycles. The van der Waals surface area contributed by atoms with Crippen LogP contribution >= 0.6 is 0 Å². The molecule has 6 nitrogen and oxygen atoms in total. The third kappa shape index (κ3) is 4.70. The average molecular weight is 240 g/mol. The van der Waals surface area contributed by atoms with E-state index in [0.29, 0.717) is 18.8 Å². The normalized spacial score (nSPS) is 10.8. The van der Waals surface area contributed by atoms with Crippen LogP contribution in [0, 0.1) is 11.3 Å². The lowest BCUT2D eigenvalue weighted by Gasteiger charge is -2.03. The van der Waals surface area contributed by atoms with E-state index in [9.17, 15) is 8.42 Å². The van der Waals surface area contributed by atoms with E-state index >= 15 is 0 Å². The lowest BCUT2D eigenvalue weighted by Crippen LogP contribution is -2.10. The van der Waals surface area contributed by atoms with E-state index in [0.717, 1.165) is 0 Å². The van der Waals surface area contributed by atoms with Crippen molar-refractivity contribution in [1.29, 1.82) is 5.26 Å². The van der Waals surface area contributed by atoms with Crippen LogP contribution in [0.5, 0.6) is 0 Å². The van der Waals surface area contributed by atoms with Crippen molar-refractivity contribution < 1.29 is 8.42 Å². The molecule has 86 valence electrons. The van der Waals surface area contributed by atoms with Crippen molar-refractivity contribution in [2.24, 2.45) is 0 Å². The van der Waals surface area contributed by atoms with Gasteiger partial charge in [-0.15, -0.1) is 0 Å². The monoisotopic (exact) mass is 240 g/mol. The Morgan fingerprint density at radius 3 is 2.69 bits per heavy atom. The molecule has 16 heavy (non-hydrogen) atoms. The van der Waals surface area contributed by atoms with Gasteiger partial charge in [0.25, 0.3) is 0 Å². The number of nitriles is 1. The first-order valence-corrected chi connectivity index (χ1v) is 6.71. The number of anilines is 1. The van der Waals surface area contributed by atoms with E-state index in [4.69, 9.17) is 5.26 Å². The summed E-state index contributed by atoms with van der Waals surface area (Å²) in [5.41, 5.74) is 0.252. The van der Waals surface area contributed by atoms with E-state index in [1.54, 1.807) is 0 Å². The third-order valence-electron chi connectivity index (χ3n) is 1.76. The Morgan fingerprint density at radius 1 is 1.44 bits per heavy atom. The van der Waals surface area contributed by atoms with E-state index in [2.05, 4.69) is 15.3 Å². The number of nitrogens with one attached hydrogen (secondary N) is 1. The fourth-order valence-corrected chi connectivity index (χ4v) is 1.70. The number of aromatic nitrogens is 2. The summed E-state index contributed by atoms with van der Waals surface area (Å²) in [6, 6.07) is 1.86. The van der Waals surface area contributed by atoms with Gasteiger partial charge in [0.05, 0.1) is 18.1 Å². The molecule has 0 amide bonds. The zero-order valence-electron chi connectivity index (χ0n) is 8.84. The average Bonchev–Trinajstić information content (AvgIpc) is 2.24. The van der Waals surface area contributed by atoms with Gasteiger partial charge in [0, 0.05) is 12.8 Å². The van der Waals surface area contributed by atoms with Crippen molar-refractivity contribution >= 4 is 15.7 Å². The van der Waals surface area contributed by atoms with E-state index < -0.39 is 9.84 Å². The first-order chi connectivity index (χ1) is 7.51. The second-order valence-electron chi connectivity index (χ2n) is 3.31. The van der Waals surface area contributed by atoms with Gasteiger partial charge in [-0.3, -0.25) is 0 Å². The first kappa shape index (κ1) is 12.4. The molecule has 0 aliphatic rings. The summed E-state index contributed by atoms with van der Waals surface area (Å²) >= 11 is 0. The molecule has 1 aromatic heterocycles. The lowest BCUT2D eigenvalue weighted by atomic mass is 10.4. The molecule has 1 aromatic rings. The Balaban J connectivity index is 2.36. The fourth-order valence-electron chi connectivity index (χ4n) is 1.03. The highest BCUT2D eigenvalue weighted by molar-refractivity contribution is 7.90. The van der Waals surface area contributed by atoms with E-state index in [-0.39, 0.29) is 11.4 Å². The van der Waals surface area contributed by atoms with Crippen LogP contribution in [0.1, 0.15) is 12.1 Å². The highest BCUT2D eigenvalue weighted by atomic mass is 32.2. The molecule has 1 N–H and O–H groups in total. The topological polar surface area (TPSA) is 95.7 Å². The maximum absolute atomic E-state index is 10.8. The van der Waals surface area contributed by atoms with Gasteiger partial charge in [-0.2, -0.15) is 5.26 Å². The van der Waals surface area contributed by atoms with Gasteiger partial charge in [0.2, 0.25) is 0 Å². The number of hydrogen-bond donors (Lipinski definition) is 1. The Kier molecular flexibility index (Phi) is 4.19. The summed E-state index contributed by atoms with van der Waals surface area (Å²) in [5.74, 6) is 0.677. The zero-order chi connectivity index (χ0) is 12.0. The quantitative estimate of drug-likeness (QED) is 0.738. The minimum Gasteiger partial charge on any atom is -0.369 e. The standard InChI is InChI=1S/C9H12N4O2S/c1-16(14,15)4-2-3-11-9-7-12-8(5-10)6-13-9/h6-7H,2-4H2,1H3,(H,11,13). The molecular formula is C9H12N4O2S. The van der Waals surface area contributed by atoms with Gasteiger partial charge >= 0.3 is 0 Å². The smallest absolute Gasteiger partial charge is 0.158 e. The van der Waals surface area contributed by atoms with Gasteiger partial charge in [0.1, 0.15) is 21.7 Å². The first-order valence-electron chi connectivity index (χ1n) is 4.65. The summed E-state index contributed by atoms with van der Waals surface area (Å²) in [7, 11) is -2.91. The van der Waals surface area contributed by atoms with Crippen molar-refractivity contribution in [3.8, 4) is 6.07 Å². The van der Waals surface area contributed by atoms with Crippen LogP contribution in [-0.4, -0.2) is 36.9 Å². The summed E-state index contributed by atoms with van der Waals surface area (Å²) < 4.78 is 21.7. The maximum Gasteiger partial charge on any atom is 0.158 e. The Bertz CT molecular complexity index is 475. The number of hydrogen-bond acceptors (Lipinski definition) is 6. The summed E-state index contributed by atoms with van der Waals surface area (Å²) in [4.78, 5) is 7.76. The maximum atomic E-state index is 10.8. The van der Waals surface area contributed by atoms with Gasteiger partial charge in [-0.25, -0.2) is 18.4 Å². The minimum atomic E-state index is -2.91. The Hall–Kier alpha value is -1.68. The van der Waals surface area contributed by atoms with Gasteiger partial charge in [0.15, 0.2) is 5.69 Å². The molecule has 0 spiro atoms. The third-order valence-corrected chi connectivity index (χ3v) is 2.79. The van der Waals surface area contributed by atoms with Crippen LogP contribution in [0.15, 0.2) is 12.4 Å². The molecule has 7 heteroatoms. The Morgan fingerprint density at radius 2 is 2.19 bits per heavy atom. The number of sulfone groups is 1. The molecule has 1 rings (SSSR count). The van der Waals surface area contributed by atoms with Crippen LogP contribution in [0.25, 0.3) is 0 Å². The lowest BCUT2D eigenvalue weighted by molar-refractivity contribution is 0.600. The predicted molar refractivity (Wildman–Crippen MR) is 59.6 cm³/mol. The second-order valence-corrected chi connectivity index (χ2v) is 5.57. The summed E-state index contributed by atoms with van der Waals surface area (Å²) in [6.45, 7) is 0.508. The molecular weight excluding hydrogens is 228 g/mol. The van der Waals surface area contributed by atoms with Gasteiger partial charge in [-0.05, 0) is 6.42 Å². The molecule has 0 unspecified atom stereocenters. The molecule has 0 radical (unpaired) electrons. The van der Waals surface area contributed by atoms with Crippen LogP contribution < -0.4 is 5.32 Å². The summed E-state index contributed by atoms with van der Waals surface area (Å²) in [5, 5.41) is 11.4. The molecule has 0 aromatic carbocycles. The van der Waals surface area contributed by atoms with Gasteiger partial charge in [-0.1, -0.05) is 0 Å². The van der Waals surface area contributed by atoms with Crippen LogP contribution in [-0.2, 0) is 9.84 Å². The number of rotatable bonds is 5. The van der Waals surface area contributed by atoms with Crippen molar-refractivity contribution in [3.63, 3.8) is 0 Å². The molecule has 0 aliphatic heterocycles. The number of nitrogens with zero attached hydrogens (tertiary/aromatic N) is 3. The molecule has 0 fully saturated rings. The summed E-state index contributed by atoms with van der Waals surface area (Å²) in [6.07, 6.45) is 4.52. The molecule has 0 bridgehead atoms. The van der Waals surface area contributed by atoms with Crippen LogP contribution in [0.4, 0.5) is 5.82 Å². The van der Waals surface area contributed by atoms with Crippen LogP contribution in [0.3, 0.4) is 0 Å². The van der Waals surface area contributed by atoms with E-state index in [1.807, 2.05) is 6.07 Å². The molecule has 1 heterocycles. The molecule has 0 atom stereocenters. The Labute approximate surface area is 94.3 Å².